The van der Waals surface area contributed by atoms with E-state index in [2.05, 4.69) is 41.8 Å². The fraction of sp³-hybridized carbons (Fsp3) is 0.250. The highest BCUT2D eigenvalue weighted by Crippen LogP contribution is 2.26. The van der Waals surface area contributed by atoms with E-state index in [1.54, 1.807) is 16.8 Å². The van der Waals surface area contributed by atoms with Crippen molar-refractivity contribution < 1.29 is 13.2 Å². The van der Waals surface area contributed by atoms with E-state index in [1.165, 1.54) is 21.6 Å². The molecule has 1 amide bonds. The predicted octanol–water partition coefficient (Wildman–Crippen LogP) is 2.13. The Balaban J connectivity index is 1.36. The third-order valence-corrected chi connectivity index (χ3v) is 7.25. The van der Waals surface area contributed by atoms with Crippen molar-refractivity contribution >= 4 is 43.1 Å². The monoisotopic (exact) mass is 530 g/mol. The molecule has 1 aliphatic heterocycles. The van der Waals surface area contributed by atoms with Crippen LogP contribution < -0.4 is 5.32 Å². The van der Waals surface area contributed by atoms with Crippen LogP contribution in [0.5, 0.6) is 0 Å². The van der Waals surface area contributed by atoms with Gasteiger partial charge < -0.3 is 5.32 Å². The van der Waals surface area contributed by atoms with Crippen LogP contribution in [0, 0.1) is 6.92 Å². The molecule has 0 radical (unpaired) electrons. The SMILES string of the molecule is Cc1ccc(-c2nnn(C3CN(S(C)(=O)=O)C3)n2)cc1NC(=O)c1cnn2ccc(Br)cc12. The molecule has 5 rings (SSSR count). The van der Waals surface area contributed by atoms with Gasteiger partial charge in [-0.15, -0.1) is 10.2 Å². The maximum Gasteiger partial charge on any atom is 0.259 e. The van der Waals surface area contributed by atoms with E-state index in [0.29, 0.717) is 41.2 Å². The molecule has 3 aromatic heterocycles. The topological polar surface area (TPSA) is 127 Å². The molecular weight excluding hydrogens is 512 g/mol. The van der Waals surface area contributed by atoms with Gasteiger partial charge in [0.2, 0.25) is 15.8 Å². The van der Waals surface area contributed by atoms with Gasteiger partial charge in [0.05, 0.1) is 23.5 Å². The first-order valence-electron chi connectivity index (χ1n) is 9.99. The molecule has 0 atom stereocenters. The van der Waals surface area contributed by atoms with E-state index < -0.39 is 10.0 Å². The smallest absolute Gasteiger partial charge is 0.259 e. The Kier molecular flexibility index (Phi) is 5.26. The molecule has 4 heterocycles. The third kappa shape index (κ3) is 4.14. The van der Waals surface area contributed by atoms with Crippen molar-refractivity contribution in [2.45, 2.75) is 13.0 Å². The Labute approximate surface area is 197 Å². The van der Waals surface area contributed by atoms with Gasteiger partial charge in [0.15, 0.2) is 0 Å². The number of anilines is 1. The molecule has 33 heavy (non-hydrogen) atoms. The lowest BCUT2D eigenvalue weighted by Crippen LogP contribution is -2.50. The lowest BCUT2D eigenvalue weighted by atomic mass is 10.1. The minimum absolute atomic E-state index is 0.152. The lowest BCUT2D eigenvalue weighted by Gasteiger charge is -2.35. The second-order valence-electron chi connectivity index (χ2n) is 7.88. The van der Waals surface area contributed by atoms with Gasteiger partial charge in [0.1, 0.15) is 6.04 Å². The second-order valence-corrected chi connectivity index (χ2v) is 10.8. The van der Waals surface area contributed by atoms with Gasteiger partial charge in [-0.25, -0.2) is 12.9 Å². The zero-order chi connectivity index (χ0) is 23.3. The molecule has 0 saturated carbocycles. The summed E-state index contributed by atoms with van der Waals surface area (Å²) in [7, 11) is -3.21. The Morgan fingerprint density at radius 2 is 2.00 bits per heavy atom. The molecule has 11 nitrogen and oxygen atoms in total. The molecule has 1 aromatic carbocycles. The van der Waals surface area contributed by atoms with Crippen molar-refractivity contribution in [3.8, 4) is 11.4 Å². The summed E-state index contributed by atoms with van der Waals surface area (Å²) in [5.74, 6) is 0.110. The van der Waals surface area contributed by atoms with Crippen LogP contribution in [0.1, 0.15) is 22.0 Å². The van der Waals surface area contributed by atoms with Gasteiger partial charge in [-0.2, -0.15) is 14.2 Å². The van der Waals surface area contributed by atoms with Crippen molar-refractivity contribution in [1.29, 1.82) is 0 Å². The van der Waals surface area contributed by atoms with Gasteiger partial charge >= 0.3 is 0 Å². The zero-order valence-electron chi connectivity index (χ0n) is 17.7. The summed E-state index contributed by atoms with van der Waals surface area (Å²) in [6.45, 7) is 2.53. The van der Waals surface area contributed by atoms with E-state index in [-0.39, 0.29) is 11.9 Å². The number of aromatic nitrogens is 6. The highest BCUT2D eigenvalue weighted by Gasteiger charge is 2.36. The average Bonchev–Trinajstić information content (AvgIpc) is 3.34. The number of hydrogen-bond donors (Lipinski definition) is 1. The fourth-order valence-corrected chi connectivity index (χ4v) is 4.76. The molecule has 1 aliphatic rings. The first-order chi connectivity index (χ1) is 15.7. The van der Waals surface area contributed by atoms with Crippen LogP contribution in [0.15, 0.2) is 47.2 Å². The van der Waals surface area contributed by atoms with E-state index in [1.807, 2.05) is 31.2 Å². The number of nitrogens with one attached hydrogen (secondary N) is 1. The summed E-state index contributed by atoms with van der Waals surface area (Å²) in [5, 5.41) is 19.8. The fourth-order valence-electron chi connectivity index (χ4n) is 3.54. The van der Waals surface area contributed by atoms with Crippen LogP contribution >= 0.6 is 15.9 Å². The molecular formula is C20H19BrN8O3S. The molecule has 4 aromatic rings. The standard InChI is InChI=1S/C20H19BrN8O3S/c1-12-3-4-13(19-24-26-29(25-19)15-10-27(11-15)33(2,31)32)7-17(12)23-20(30)16-9-22-28-6-5-14(21)8-18(16)28/h3-9,15H,10-11H2,1-2H3,(H,23,30). The number of nitrogens with zero attached hydrogens (tertiary/aromatic N) is 7. The number of benzene rings is 1. The number of fused-ring (bicyclic) bond motifs is 1. The number of pyridine rings is 1. The first kappa shape index (κ1) is 21.7. The van der Waals surface area contributed by atoms with Crippen LogP contribution in [-0.2, 0) is 10.0 Å². The Hall–Kier alpha value is -3.16. The Morgan fingerprint density at radius 3 is 2.76 bits per heavy atom. The normalized spacial score (nSPS) is 15.0. The number of aryl methyl sites for hydroxylation is 1. The molecule has 1 saturated heterocycles. The van der Waals surface area contributed by atoms with E-state index in [9.17, 15) is 13.2 Å². The number of carbonyl (C=O) groups excluding carboxylic acids is 1. The summed E-state index contributed by atoms with van der Waals surface area (Å²) in [6.07, 6.45) is 4.48. The van der Waals surface area contributed by atoms with E-state index in [0.717, 1.165) is 10.0 Å². The minimum Gasteiger partial charge on any atom is -0.322 e. The number of sulfonamides is 1. The minimum atomic E-state index is -3.21. The van der Waals surface area contributed by atoms with Crippen LogP contribution in [0.4, 0.5) is 5.69 Å². The van der Waals surface area contributed by atoms with Crippen molar-refractivity contribution in [2.75, 3.05) is 24.7 Å². The summed E-state index contributed by atoms with van der Waals surface area (Å²) in [4.78, 5) is 14.4. The van der Waals surface area contributed by atoms with Crippen molar-refractivity contribution in [3.05, 3.63) is 58.3 Å². The molecule has 0 aliphatic carbocycles. The molecule has 1 N–H and O–H groups in total. The molecule has 0 bridgehead atoms. The van der Waals surface area contributed by atoms with Crippen LogP contribution in [-0.4, -0.2) is 67.8 Å². The van der Waals surface area contributed by atoms with Gasteiger partial charge in [-0.1, -0.05) is 28.1 Å². The lowest BCUT2D eigenvalue weighted by molar-refractivity contribution is 0.102. The summed E-state index contributed by atoms with van der Waals surface area (Å²) in [5.41, 5.74) is 3.31. The molecule has 170 valence electrons. The number of tetrazole rings is 1. The summed E-state index contributed by atoms with van der Waals surface area (Å²) in [6, 6.07) is 9.03. The van der Waals surface area contributed by atoms with Crippen molar-refractivity contribution in [1.82, 2.24) is 34.1 Å². The van der Waals surface area contributed by atoms with Crippen LogP contribution in [0.3, 0.4) is 0 Å². The maximum atomic E-state index is 13.0. The average molecular weight is 531 g/mol. The number of hydrogen-bond acceptors (Lipinski definition) is 7. The van der Waals surface area contributed by atoms with Crippen molar-refractivity contribution in [2.24, 2.45) is 0 Å². The number of halogens is 1. The summed E-state index contributed by atoms with van der Waals surface area (Å²) >= 11 is 3.42. The maximum absolute atomic E-state index is 13.0. The van der Waals surface area contributed by atoms with Crippen molar-refractivity contribution in [3.63, 3.8) is 0 Å². The van der Waals surface area contributed by atoms with Crippen LogP contribution in [0.25, 0.3) is 16.9 Å². The van der Waals surface area contributed by atoms with E-state index >= 15 is 0 Å². The molecule has 13 heteroatoms. The van der Waals surface area contributed by atoms with Crippen LogP contribution in [0.2, 0.25) is 0 Å². The number of rotatable bonds is 5. The molecule has 0 unspecified atom stereocenters. The zero-order valence-corrected chi connectivity index (χ0v) is 20.1. The molecule has 1 fully saturated rings. The Morgan fingerprint density at radius 1 is 1.21 bits per heavy atom. The molecule has 0 spiro atoms. The Bertz CT molecular complexity index is 1490. The third-order valence-electron chi connectivity index (χ3n) is 5.52. The highest BCUT2D eigenvalue weighted by atomic mass is 79.9. The van der Waals surface area contributed by atoms with Gasteiger partial charge in [-0.3, -0.25) is 4.79 Å². The quantitative estimate of drug-likeness (QED) is 0.418. The number of amides is 1. The van der Waals surface area contributed by atoms with E-state index in [4.69, 9.17) is 0 Å². The predicted molar refractivity (Wildman–Crippen MR) is 124 cm³/mol. The first-order valence-corrected chi connectivity index (χ1v) is 12.6. The highest BCUT2D eigenvalue weighted by molar-refractivity contribution is 9.10. The van der Waals surface area contributed by atoms with Gasteiger partial charge in [-0.05, 0) is 35.9 Å². The summed E-state index contributed by atoms with van der Waals surface area (Å²) < 4.78 is 27.0. The second kappa shape index (κ2) is 8.01. The largest absolute Gasteiger partial charge is 0.322 e. The number of carbonyl (C=O) groups is 1. The van der Waals surface area contributed by atoms with Gasteiger partial charge in [0, 0.05) is 35.0 Å². The van der Waals surface area contributed by atoms with Gasteiger partial charge in [0.25, 0.3) is 5.91 Å².